The molecule has 2 aromatic carbocycles. The van der Waals surface area contributed by atoms with Gasteiger partial charge in [-0.05, 0) is 29.3 Å². The molecule has 0 aliphatic carbocycles. The lowest BCUT2D eigenvalue weighted by atomic mass is 10.0. The Morgan fingerprint density at radius 2 is 1.67 bits per heavy atom. The highest BCUT2D eigenvalue weighted by atomic mass is 79.9. The fourth-order valence-corrected chi connectivity index (χ4v) is 3.18. The van der Waals surface area contributed by atoms with E-state index in [9.17, 15) is 8.78 Å². The van der Waals surface area contributed by atoms with Crippen molar-refractivity contribution in [2.75, 3.05) is 13.2 Å². The van der Waals surface area contributed by atoms with Gasteiger partial charge in [0, 0.05) is 11.1 Å². The van der Waals surface area contributed by atoms with Gasteiger partial charge in [-0.15, -0.1) is 0 Å². The van der Waals surface area contributed by atoms with Crippen LogP contribution in [0.5, 0.6) is 11.5 Å². The van der Waals surface area contributed by atoms with Crippen molar-refractivity contribution >= 4 is 27.5 Å². The second-order valence-corrected chi connectivity index (χ2v) is 5.88. The first-order valence-electron chi connectivity index (χ1n) is 6.24. The Morgan fingerprint density at radius 3 is 2.33 bits per heavy atom. The number of fused-ring (bicyclic) bond motifs is 1. The summed E-state index contributed by atoms with van der Waals surface area (Å²) < 4.78 is 37.3. The summed E-state index contributed by atoms with van der Waals surface area (Å²) in [6, 6.07) is 7.15. The fourth-order valence-electron chi connectivity index (χ4n) is 2.12. The number of benzene rings is 2. The highest BCUT2D eigenvalue weighted by Gasteiger charge is 2.21. The molecule has 0 bridgehead atoms. The van der Waals surface area contributed by atoms with Crippen LogP contribution >= 0.6 is 27.5 Å². The standard InChI is InChI=1S/C15H10BrClF2O2/c16-15(8-1-2-11(18)12(19)5-8)9-6-13-14(7-10(9)17)21-4-3-20-13/h1-2,5-7,15H,3-4H2. The van der Waals surface area contributed by atoms with Gasteiger partial charge < -0.3 is 9.47 Å². The van der Waals surface area contributed by atoms with E-state index in [2.05, 4.69) is 15.9 Å². The first-order valence-corrected chi connectivity index (χ1v) is 7.53. The summed E-state index contributed by atoms with van der Waals surface area (Å²) in [6.07, 6.45) is 0. The minimum atomic E-state index is -0.898. The molecule has 110 valence electrons. The maximum Gasteiger partial charge on any atom is 0.162 e. The Hall–Kier alpha value is -1.33. The molecule has 0 radical (unpaired) electrons. The van der Waals surface area contributed by atoms with E-state index < -0.39 is 11.6 Å². The van der Waals surface area contributed by atoms with Gasteiger partial charge in [0.05, 0.1) is 4.83 Å². The monoisotopic (exact) mass is 374 g/mol. The van der Waals surface area contributed by atoms with Crippen LogP contribution in [0.25, 0.3) is 0 Å². The lowest BCUT2D eigenvalue weighted by Crippen LogP contribution is -2.15. The molecule has 6 heteroatoms. The molecular formula is C15H10BrClF2O2. The molecule has 1 atom stereocenters. The van der Waals surface area contributed by atoms with Crippen LogP contribution < -0.4 is 9.47 Å². The van der Waals surface area contributed by atoms with E-state index in [1.807, 2.05) is 0 Å². The minimum Gasteiger partial charge on any atom is -0.486 e. The van der Waals surface area contributed by atoms with E-state index in [1.165, 1.54) is 6.07 Å². The maximum absolute atomic E-state index is 13.4. The Morgan fingerprint density at radius 1 is 1.00 bits per heavy atom. The van der Waals surface area contributed by atoms with Gasteiger partial charge in [-0.1, -0.05) is 33.6 Å². The largest absolute Gasteiger partial charge is 0.486 e. The van der Waals surface area contributed by atoms with Gasteiger partial charge in [0.2, 0.25) is 0 Å². The Balaban J connectivity index is 2.00. The first-order chi connectivity index (χ1) is 10.1. The van der Waals surface area contributed by atoms with Crippen LogP contribution in [0.1, 0.15) is 16.0 Å². The molecule has 1 aliphatic heterocycles. The average molecular weight is 376 g/mol. The van der Waals surface area contributed by atoms with E-state index in [-0.39, 0.29) is 4.83 Å². The predicted octanol–water partition coefficient (Wildman–Crippen LogP) is 4.87. The molecule has 3 rings (SSSR count). The third kappa shape index (κ3) is 2.85. The predicted molar refractivity (Wildman–Crippen MR) is 79.6 cm³/mol. The number of ether oxygens (including phenoxy) is 2. The summed E-state index contributed by atoms with van der Waals surface area (Å²) in [7, 11) is 0. The van der Waals surface area contributed by atoms with Crippen molar-refractivity contribution in [3.05, 3.63) is 58.1 Å². The van der Waals surface area contributed by atoms with E-state index >= 15 is 0 Å². The van der Waals surface area contributed by atoms with Gasteiger partial charge in [0.25, 0.3) is 0 Å². The van der Waals surface area contributed by atoms with Gasteiger partial charge in [0.15, 0.2) is 23.1 Å². The number of halogens is 4. The third-order valence-corrected chi connectivity index (χ3v) is 4.52. The zero-order chi connectivity index (χ0) is 15.0. The highest BCUT2D eigenvalue weighted by Crippen LogP contribution is 2.42. The molecule has 0 N–H and O–H groups in total. The molecule has 0 saturated heterocycles. The van der Waals surface area contributed by atoms with E-state index in [1.54, 1.807) is 12.1 Å². The van der Waals surface area contributed by atoms with E-state index in [0.717, 1.165) is 12.1 Å². The Bertz CT molecular complexity index is 694. The number of rotatable bonds is 2. The summed E-state index contributed by atoms with van der Waals surface area (Å²) in [5.74, 6) is -0.606. The summed E-state index contributed by atoms with van der Waals surface area (Å²) >= 11 is 9.71. The molecular weight excluding hydrogens is 366 g/mol. The molecule has 2 aromatic rings. The van der Waals surface area contributed by atoms with Crippen molar-refractivity contribution in [2.45, 2.75) is 4.83 Å². The van der Waals surface area contributed by atoms with Gasteiger partial charge in [-0.25, -0.2) is 8.78 Å². The smallest absolute Gasteiger partial charge is 0.162 e. The number of hydrogen-bond donors (Lipinski definition) is 0. The highest BCUT2D eigenvalue weighted by molar-refractivity contribution is 9.09. The van der Waals surface area contributed by atoms with Crippen LogP contribution in [-0.2, 0) is 0 Å². The first kappa shape index (κ1) is 14.6. The van der Waals surface area contributed by atoms with Gasteiger partial charge in [-0.2, -0.15) is 0 Å². The Kier molecular flexibility index (Phi) is 4.04. The lowest BCUT2D eigenvalue weighted by Gasteiger charge is -2.21. The molecule has 0 aromatic heterocycles. The van der Waals surface area contributed by atoms with Crippen LogP contribution in [-0.4, -0.2) is 13.2 Å². The Labute approximate surface area is 133 Å². The summed E-state index contributed by atoms with van der Waals surface area (Å²) in [5.41, 5.74) is 1.26. The maximum atomic E-state index is 13.4. The molecule has 1 unspecified atom stereocenters. The van der Waals surface area contributed by atoms with Gasteiger partial charge in [-0.3, -0.25) is 0 Å². The average Bonchev–Trinajstić information content (AvgIpc) is 2.48. The van der Waals surface area contributed by atoms with Crippen LogP contribution in [0.2, 0.25) is 5.02 Å². The number of hydrogen-bond acceptors (Lipinski definition) is 2. The van der Waals surface area contributed by atoms with E-state index in [0.29, 0.717) is 40.9 Å². The summed E-state index contributed by atoms with van der Waals surface area (Å²) in [4.78, 5) is -0.379. The van der Waals surface area contributed by atoms with E-state index in [4.69, 9.17) is 21.1 Å². The molecule has 21 heavy (non-hydrogen) atoms. The molecule has 1 aliphatic rings. The molecule has 2 nitrogen and oxygen atoms in total. The normalized spacial score (nSPS) is 14.9. The molecule has 0 amide bonds. The summed E-state index contributed by atoms with van der Waals surface area (Å²) in [5, 5.41) is 0.464. The minimum absolute atomic E-state index is 0.379. The summed E-state index contributed by atoms with van der Waals surface area (Å²) in [6.45, 7) is 0.940. The molecule has 0 fully saturated rings. The second kappa shape index (κ2) is 5.81. The molecule has 0 saturated carbocycles. The second-order valence-electron chi connectivity index (χ2n) is 4.55. The van der Waals surface area contributed by atoms with Crippen molar-refractivity contribution in [3.8, 4) is 11.5 Å². The van der Waals surface area contributed by atoms with Gasteiger partial charge >= 0.3 is 0 Å². The fraction of sp³-hybridized carbons (Fsp3) is 0.200. The molecule has 0 spiro atoms. The van der Waals surface area contributed by atoms with Crippen molar-refractivity contribution in [1.29, 1.82) is 0 Å². The zero-order valence-electron chi connectivity index (χ0n) is 10.7. The van der Waals surface area contributed by atoms with Crippen molar-refractivity contribution < 1.29 is 18.3 Å². The van der Waals surface area contributed by atoms with Crippen LogP contribution in [0.4, 0.5) is 8.78 Å². The topological polar surface area (TPSA) is 18.5 Å². The number of alkyl halides is 1. The van der Waals surface area contributed by atoms with Crippen molar-refractivity contribution in [2.24, 2.45) is 0 Å². The third-order valence-electron chi connectivity index (χ3n) is 3.17. The van der Waals surface area contributed by atoms with Gasteiger partial charge in [0.1, 0.15) is 13.2 Å². The van der Waals surface area contributed by atoms with Crippen LogP contribution in [0, 0.1) is 11.6 Å². The SMILES string of the molecule is Fc1ccc(C(Br)c2cc3c(cc2Cl)OCCO3)cc1F. The van der Waals surface area contributed by atoms with Crippen LogP contribution in [0.3, 0.4) is 0 Å². The quantitative estimate of drug-likeness (QED) is 0.697. The zero-order valence-corrected chi connectivity index (χ0v) is 13.0. The van der Waals surface area contributed by atoms with Crippen LogP contribution in [0.15, 0.2) is 30.3 Å². The molecule has 1 heterocycles. The lowest BCUT2D eigenvalue weighted by molar-refractivity contribution is 0.171. The van der Waals surface area contributed by atoms with Crippen molar-refractivity contribution in [3.63, 3.8) is 0 Å². The van der Waals surface area contributed by atoms with Crippen molar-refractivity contribution in [1.82, 2.24) is 0 Å².